The molecule has 0 fully saturated rings. The van der Waals surface area contributed by atoms with Gasteiger partial charge in [-0.05, 0) is 47.2 Å². The average Bonchev–Trinajstić information content (AvgIpc) is 2.94. The maximum absolute atomic E-state index is 8.89. The van der Waals surface area contributed by atoms with Gasteiger partial charge in [-0.1, -0.05) is 24.3 Å². The molecule has 0 spiro atoms. The fourth-order valence-electron chi connectivity index (χ4n) is 2.33. The fourth-order valence-corrected chi connectivity index (χ4v) is 2.33. The Labute approximate surface area is 118 Å². The van der Waals surface area contributed by atoms with Gasteiger partial charge in [0.2, 0.25) is 0 Å². The molecule has 1 heterocycles. The van der Waals surface area contributed by atoms with Crippen molar-refractivity contribution in [3.05, 3.63) is 65.9 Å². The molecule has 20 heavy (non-hydrogen) atoms. The van der Waals surface area contributed by atoms with Gasteiger partial charge in [0.1, 0.15) is 0 Å². The summed E-state index contributed by atoms with van der Waals surface area (Å²) in [6.45, 7) is 0.997. The van der Waals surface area contributed by atoms with E-state index >= 15 is 0 Å². The van der Waals surface area contributed by atoms with Crippen LogP contribution in [0.2, 0.25) is 0 Å². The second-order valence-corrected chi connectivity index (χ2v) is 4.92. The van der Waals surface area contributed by atoms with Crippen LogP contribution in [0.1, 0.15) is 11.1 Å². The molecule has 0 aliphatic heterocycles. The van der Waals surface area contributed by atoms with Gasteiger partial charge in [0.05, 0.1) is 0 Å². The van der Waals surface area contributed by atoms with Crippen molar-refractivity contribution >= 4 is 16.6 Å². The highest BCUT2D eigenvalue weighted by Gasteiger charge is 1.98. The summed E-state index contributed by atoms with van der Waals surface area (Å²) in [5.41, 5.74) is 4.67. The van der Waals surface area contributed by atoms with Gasteiger partial charge in [0, 0.05) is 30.6 Å². The molecule has 0 saturated heterocycles. The smallest absolute Gasteiger partial charge is 0.0471 e. The van der Waals surface area contributed by atoms with E-state index in [-0.39, 0.29) is 6.61 Å². The Morgan fingerprint density at radius 2 is 1.75 bits per heavy atom. The number of rotatable bonds is 5. The van der Waals surface area contributed by atoms with Crippen molar-refractivity contribution in [1.82, 2.24) is 4.98 Å². The molecule has 0 unspecified atom stereocenters. The lowest BCUT2D eigenvalue weighted by molar-refractivity contribution is 0.299. The second kappa shape index (κ2) is 5.80. The largest absolute Gasteiger partial charge is 0.396 e. The third-order valence-electron chi connectivity index (χ3n) is 3.47. The maximum atomic E-state index is 8.89. The van der Waals surface area contributed by atoms with Gasteiger partial charge in [-0.3, -0.25) is 0 Å². The standard InChI is InChI=1S/C17H18N2O/c20-10-8-13-2-5-16(6-3-13)19-12-14-1-4-15-7-9-18-17(15)11-14/h1-7,9,11,18-20H,8,10,12H2. The molecule has 0 saturated carbocycles. The van der Waals surface area contributed by atoms with Crippen LogP contribution >= 0.6 is 0 Å². The summed E-state index contributed by atoms with van der Waals surface area (Å²) in [6, 6.07) is 16.7. The van der Waals surface area contributed by atoms with E-state index in [2.05, 4.69) is 46.7 Å². The molecule has 102 valence electrons. The SMILES string of the molecule is OCCc1ccc(NCc2ccc3cc[nH]c3c2)cc1. The number of anilines is 1. The number of aliphatic hydroxyl groups excluding tert-OH is 1. The first-order chi connectivity index (χ1) is 9.85. The number of hydrogen-bond acceptors (Lipinski definition) is 2. The molecule has 2 aromatic carbocycles. The number of aromatic nitrogens is 1. The van der Waals surface area contributed by atoms with Crippen LogP contribution in [-0.4, -0.2) is 16.7 Å². The van der Waals surface area contributed by atoms with Crippen molar-refractivity contribution in [2.45, 2.75) is 13.0 Å². The molecular weight excluding hydrogens is 248 g/mol. The first kappa shape index (κ1) is 12.8. The Kier molecular flexibility index (Phi) is 3.70. The molecular formula is C17H18N2O. The Morgan fingerprint density at radius 3 is 2.55 bits per heavy atom. The first-order valence-corrected chi connectivity index (χ1v) is 6.85. The average molecular weight is 266 g/mol. The molecule has 0 bridgehead atoms. The monoisotopic (exact) mass is 266 g/mol. The number of aliphatic hydroxyl groups is 1. The van der Waals surface area contributed by atoms with Crippen LogP contribution in [0.3, 0.4) is 0 Å². The number of nitrogens with one attached hydrogen (secondary N) is 2. The Hall–Kier alpha value is -2.26. The van der Waals surface area contributed by atoms with Crippen molar-refractivity contribution in [2.24, 2.45) is 0 Å². The van der Waals surface area contributed by atoms with E-state index in [4.69, 9.17) is 5.11 Å². The van der Waals surface area contributed by atoms with Crippen LogP contribution in [0.25, 0.3) is 10.9 Å². The Bertz CT molecular complexity index is 686. The van der Waals surface area contributed by atoms with Crippen LogP contribution < -0.4 is 5.32 Å². The number of fused-ring (bicyclic) bond motifs is 1. The minimum Gasteiger partial charge on any atom is -0.396 e. The van der Waals surface area contributed by atoms with Crippen LogP contribution in [0, 0.1) is 0 Å². The van der Waals surface area contributed by atoms with E-state index in [0.29, 0.717) is 6.42 Å². The van der Waals surface area contributed by atoms with Gasteiger partial charge >= 0.3 is 0 Å². The van der Waals surface area contributed by atoms with Gasteiger partial charge < -0.3 is 15.4 Å². The zero-order valence-electron chi connectivity index (χ0n) is 11.3. The number of aromatic amines is 1. The van der Waals surface area contributed by atoms with E-state index < -0.39 is 0 Å². The second-order valence-electron chi connectivity index (χ2n) is 4.92. The third-order valence-corrected chi connectivity index (χ3v) is 3.47. The highest BCUT2D eigenvalue weighted by atomic mass is 16.2. The number of H-pyrrole nitrogens is 1. The van der Waals surface area contributed by atoms with E-state index in [9.17, 15) is 0 Å². The topological polar surface area (TPSA) is 48.0 Å². The van der Waals surface area contributed by atoms with Crippen molar-refractivity contribution in [2.75, 3.05) is 11.9 Å². The van der Waals surface area contributed by atoms with E-state index in [1.165, 1.54) is 16.5 Å². The number of hydrogen-bond donors (Lipinski definition) is 3. The molecule has 0 aliphatic carbocycles. The Balaban J connectivity index is 1.66. The first-order valence-electron chi connectivity index (χ1n) is 6.85. The zero-order valence-corrected chi connectivity index (χ0v) is 11.3. The molecule has 1 aromatic heterocycles. The molecule has 3 nitrogen and oxygen atoms in total. The summed E-state index contributed by atoms with van der Waals surface area (Å²) in [6.07, 6.45) is 2.67. The van der Waals surface area contributed by atoms with Crippen LogP contribution in [-0.2, 0) is 13.0 Å². The van der Waals surface area contributed by atoms with Gasteiger partial charge in [0.25, 0.3) is 0 Å². The normalized spacial score (nSPS) is 10.8. The lowest BCUT2D eigenvalue weighted by Crippen LogP contribution is -1.99. The Morgan fingerprint density at radius 1 is 0.950 bits per heavy atom. The highest BCUT2D eigenvalue weighted by Crippen LogP contribution is 2.16. The molecule has 0 aliphatic rings. The summed E-state index contributed by atoms with van der Waals surface area (Å²) in [5.74, 6) is 0. The van der Waals surface area contributed by atoms with Crippen molar-refractivity contribution in [3.8, 4) is 0 Å². The maximum Gasteiger partial charge on any atom is 0.0471 e. The minimum absolute atomic E-state index is 0.197. The van der Waals surface area contributed by atoms with E-state index in [0.717, 1.165) is 17.8 Å². The van der Waals surface area contributed by atoms with Gasteiger partial charge in [0.15, 0.2) is 0 Å². The summed E-state index contributed by atoms with van der Waals surface area (Å²) >= 11 is 0. The molecule has 3 heteroatoms. The zero-order chi connectivity index (χ0) is 13.8. The van der Waals surface area contributed by atoms with Gasteiger partial charge in [-0.15, -0.1) is 0 Å². The van der Waals surface area contributed by atoms with E-state index in [1.54, 1.807) is 0 Å². The van der Waals surface area contributed by atoms with Gasteiger partial charge in [-0.2, -0.15) is 0 Å². The molecule has 0 radical (unpaired) electrons. The molecule has 3 aromatic rings. The highest BCUT2D eigenvalue weighted by molar-refractivity contribution is 5.79. The fraction of sp³-hybridized carbons (Fsp3) is 0.176. The lowest BCUT2D eigenvalue weighted by Gasteiger charge is -2.07. The predicted octanol–water partition coefficient (Wildman–Crippen LogP) is 3.31. The summed E-state index contributed by atoms with van der Waals surface area (Å²) in [5, 5.41) is 13.5. The molecule has 0 atom stereocenters. The van der Waals surface area contributed by atoms with Gasteiger partial charge in [-0.25, -0.2) is 0 Å². The predicted molar refractivity (Wildman–Crippen MR) is 82.9 cm³/mol. The van der Waals surface area contributed by atoms with Crippen molar-refractivity contribution < 1.29 is 5.11 Å². The lowest BCUT2D eigenvalue weighted by atomic mass is 10.1. The molecule has 3 rings (SSSR count). The molecule has 3 N–H and O–H groups in total. The summed E-state index contributed by atoms with van der Waals surface area (Å²) in [4.78, 5) is 3.23. The quantitative estimate of drug-likeness (QED) is 0.663. The summed E-state index contributed by atoms with van der Waals surface area (Å²) in [7, 11) is 0. The summed E-state index contributed by atoms with van der Waals surface area (Å²) < 4.78 is 0. The van der Waals surface area contributed by atoms with Crippen LogP contribution in [0.5, 0.6) is 0 Å². The van der Waals surface area contributed by atoms with Crippen molar-refractivity contribution in [3.63, 3.8) is 0 Å². The minimum atomic E-state index is 0.197. The van der Waals surface area contributed by atoms with Crippen LogP contribution in [0.15, 0.2) is 54.7 Å². The van der Waals surface area contributed by atoms with Crippen molar-refractivity contribution in [1.29, 1.82) is 0 Å². The number of benzene rings is 2. The van der Waals surface area contributed by atoms with E-state index in [1.807, 2.05) is 18.3 Å². The molecule has 0 amide bonds. The van der Waals surface area contributed by atoms with Crippen LogP contribution in [0.4, 0.5) is 5.69 Å². The third kappa shape index (κ3) is 2.83.